The SMILES string of the molecule is Cc1ccccc1N(CC(=O)NCCCc1ccc(F)cc1)S(=O)(=O)c1ccccc1. The highest BCUT2D eigenvalue weighted by atomic mass is 32.2. The van der Waals surface area contributed by atoms with E-state index in [4.69, 9.17) is 0 Å². The van der Waals surface area contributed by atoms with Crippen molar-refractivity contribution in [1.82, 2.24) is 5.32 Å². The van der Waals surface area contributed by atoms with E-state index in [9.17, 15) is 17.6 Å². The maximum absolute atomic E-state index is 13.3. The number of aryl methyl sites for hydroxylation is 2. The van der Waals surface area contributed by atoms with E-state index < -0.39 is 10.0 Å². The Morgan fingerprint density at radius 1 is 0.935 bits per heavy atom. The first-order valence-corrected chi connectivity index (χ1v) is 11.5. The summed E-state index contributed by atoms with van der Waals surface area (Å²) in [6, 6.07) is 21.4. The van der Waals surface area contributed by atoms with Crippen molar-refractivity contribution >= 4 is 21.6 Å². The predicted molar refractivity (Wildman–Crippen MR) is 120 cm³/mol. The smallest absolute Gasteiger partial charge is 0.264 e. The number of hydrogen-bond donors (Lipinski definition) is 1. The van der Waals surface area contributed by atoms with Gasteiger partial charge in [0, 0.05) is 6.54 Å². The lowest BCUT2D eigenvalue weighted by molar-refractivity contribution is -0.119. The molecule has 1 amide bonds. The molecule has 3 aromatic rings. The molecule has 0 heterocycles. The van der Waals surface area contributed by atoms with Gasteiger partial charge < -0.3 is 5.32 Å². The summed E-state index contributed by atoms with van der Waals surface area (Å²) in [4.78, 5) is 12.7. The van der Waals surface area contributed by atoms with E-state index in [2.05, 4.69) is 5.32 Å². The van der Waals surface area contributed by atoms with Gasteiger partial charge in [-0.3, -0.25) is 9.10 Å². The highest BCUT2D eigenvalue weighted by Gasteiger charge is 2.27. The van der Waals surface area contributed by atoms with Crippen LogP contribution in [0.25, 0.3) is 0 Å². The van der Waals surface area contributed by atoms with Crippen molar-refractivity contribution in [3.8, 4) is 0 Å². The lowest BCUT2D eigenvalue weighted by Gasteiger charge is -2.25. The zero-order valence-electron chi connectivity index (χ0n) is 17.3. The van der Waals surface area contributed by atoms with Gasteiger partial charge in [0.1, 0.15) is 12.4 Å². The molecule has 0 fully saturated rings. The molecule has 0 aliphatic carbocycles. The maximum atomic E-state index is 13.3. The van der Waals surface area contributed by atoms with Crippen LogP contribution >= 0.6 is 0 Å². The van der Waals surface area contributed by atoms with Crippen LogP contribution < -0.4 is 9.62 Å². The number of anilines is 1. The topological polar surface area (TPSA) is 66.5 Å². The summed E-state index contributed by atoms with van der Waals surface area (Å²) in [6.07, 6.45) is 1.34. The number of carbonyl (C=O) groups excluding carboxylic acids is 1. The van der Waals surface area contributed by atoms with Crippen molar-refractivity contribution in [1.29, 1.82) is 0 Å². The van der Waals surface area contributed by atoms with Crippen molar-refractivity contribution in [2.24, 2.45) is 0 Å². The molecule has 162 valence electrons. The number of nitrogens with zero attached hydrogens (tertiary/aromatic N) is 1. The predicted octanol–water partition coefficient (Wildman–Crippen LogP) is 4.08. The number of sulfonamides is 1. The molecule has 0 aliphatic heterocycles. The molecule has 1 N–H and O–H groups in total. The number of halogens is 1. The molecule has 0 radical (unpaired) electrons. The quantitative estimate of drug-likeness (QED) is 0.510. The fourth-order valence-electron chi connectivity index (χ4n) is 3.22. The Morgan fingerprint density at radius 2 is 1.58 bits per heavy atom. The fraction of sp³-hybridized carbons (Fsp3) is 0.208. The van der Waals surface area contributed by atoms with Gasteiger partial charge in [0.05, 0.1) is 10.6 Å². The van der Waals surface area contributed by atoms with E-state index in [0.29, 0.717) is 25.1 Å². The number of rotatable bonds is 9. The van der Waals surface area contributed by atoms with Gasteiger partial charge in [-0.25, -0.2) is 12.8 Å². The van der Waals surface area contributed by atoms with Crippen LogP contribution in [0, 0.1) is 12.7 Å². The summed E-state index contributed by atoms with van der Waals surface area (Å²) in [6.45, 7) is 1.88. The molecule has 0 aromatic heterocycles. The molecule has 31 heavy (non-hydrogen) atoms. The van der Waals surface area contributed by atoms with Crippen LogP contribution in [-0.4, -0.2) is 27.4 Å². The molecular formula is C24H25FN2O3S. The Balaban J connectivity index is 1.69. The first kappa shape index (κ1) is 22.5. The minimum absolute atomic E-state index is 0.127. The summed E-state index contributed by atoms with van der Waals surface area (Å²) >= 11 is 0. The summed E-state index contributed by atoms with van der Waals surface area (Å²) < 4.78 is 40.7. The molecule has 0 bridgehead atoms. The van der Waals surface area contributed by atoms with Gasteiger partial charge in [0.25, 0.3) is 10.0 Å². The van der Waals surface area contributed by atoms with Crippen molar-refractivity contribution in [3.63, 3.8) is 0 Å². The van der Waals surface area contributed by atoms with Gasteiger partial charge in [-0.1, -0.05) is 48.5 Å². The van der Waals surface area contributed by atoms with Crippen LogP contribution in [0.15, 0.2) is 83.8 Å². The van der Waals surface area contributed by atoms with Crippen LogP contribution in [0.5, 0.6) is 0 Å². The minimum Gasteiger partial charge on any atom is -0.355 e. The Bertz CT molecular complexity index is 1120. The first-order valence-electron chi connectivity index (χ1n) is 10.0. The third-order valence-electron chi connectivity index (χ3n) is 4.88. The second-order valence-electron chi connectivity index (χ2n) is 7.19. The third kappa shape index (κ3) is 5.92. The molecule has 0 unspecified atom stereocenters. The summed E-state index contributed by atoms with van der Waals surface area (Å²) in [5.41, 5.74) is 2.20. The van der Waals surface area contributed by atoms with E-state index >= 15 is 0 Å². The zero-order chi connectivity index (χ0) is 22.3. The Kier molecular flexibility index (Phi) is 7.41. The van der Waals surface area contributed by atoms with Gasteiger partial charge in [-0.05, 0) is 61.2 Å². The highest BCUT2D eigenvalue weighted by molar-refractivity contribution is 7.92. The van der Waals surface area contributed by atoms with Gasteiger partial charge in [-0.2, -0.15) is 0 Å². The fourth-order valence-corrected chi connectivity index (χ4v) is 4.73. The molecule has 0 spiro atoms. The van der Waals surface area contributed by atoms with Gasteiger partial charge >= 0.3 is 0 Å². The van der Waals surface area contributed by atoms with Gasteiger partial charge in [-0.15, -0.1) is 0 Å². The van der Waals surface area contributed by atoms with E-state index in [0.717, 1.165) is 15.4 Å². The summed E-state index contributed by atoms with van der Waals surface area (Å²) in [5, 5.41) is 2.79. The third-order valence-corrected chi connectivity index (χ3v) is 6.65. The van der Waals surface area contributed by atoms with Crippen molar-refractivity contribution in [2.45, 2.75) is 24.7 Å². The lowest BCUT2D eigenvalue weighted by atomic mass is 10.1. The number of benzene rings is 3. The Morgan fingerprint density at radius 3 is 2.26 bits per heavy atom. The van der Waals surface area contributed by atoms with E-state index in [-0.39, 0.29) is 23.2 Å². The van der Waals surface area contributed by atoms with Crippen molar-refractivity contribution in [3.05, 3.63) is 95.8 Å². The van der Waals surface area contributed by atoms with Crippen LogP contribution in [-0.2, 0) is 21.2 Å². The summed E-state index contributed by atoms with van der Waals surface area (Å²) in [5.74, 6) is -0.671. The molecule has 0 saturated heterocycles. The van der Waals surface area contributed by atoms with E-state index in [1.54, 1.807) is 42.5 Å². The number of amides is 1. The average molecular weight is 441 g/mol. The molecular weight excluding hydrogens is 415 g/mol. The monoisotopic (exact) mass is 440 g/mol. The Labute approximate surface area is 182 Å². The van der Waals surface area contributed by atoms with Crippen LogP contribution in [0.1, 0.15) is 17.5 Å². The van der Waals surface area contributed by atoms with Gasteiger partial charge in [0.2, 0.25) is 5.91 Å². The van der Waals surface area contributed by atoms with Crippen molar-refractivity contribution < 1.29 is 17.6 Å². The number of hydrogen-bond acceptors (Lipinski definition) is 3. The van der Waals surface area contributed by atoms with E-state index in [1.807, 2.05) is 19.1 Å². The van der Waals surface area contributed by atoms with Crippen LogP contribution in [0.2, 0.25) is 0 Å². The second-order valence-corrected chi connectivity index (χ2v) is 9.05. The average Bonchev–Trinajstić information content (AvgIpc) is 2.77. The highest BCUT2D eigenvalue weighted by Crippen LogP contribution is 2.26. The zero-order valence-corrected chi connectivity index (χ0v) is 18.1. The van der Waals surface area contributed by atoms with E-state index in [1.165, 1.54) is 24.3 Å². The van der Waals surface area contributed by atoms with Crippen LogP contribution in [0.3, 0.4) is 0 Å². The standard InChI is InChI=1S/C24H25FN2O3S/c1-19-8-5-6-12-23(19)27(31(29,30)22-10-3-2-4-11-22)18-24(28)26-17-7-9-20-13-15-21(25)16-14-20/h2-6,8,10-16H,7,9,17-18H2,1H3,(H,26,28). The van der Waals surface area contributed by atoms with Crippen molar-refractivity contribution in [2.75, 3.05) is 17.4 Å². The molecule has 0 atom stereocenters. The molecule has 3 aromatic carbocycles. The molecule has 3 rings (SSSR count). The molecule has 0 aliphatic rings. The largest absolute Gasteiger partial charge is 0.355 e. The van der Waals surface area contributed by atoms with Gasteiger partial charge in [0.15, 0.2) is 0 Å². The molecule has 7 heteroatoms. The maximum Gasteiger partial charge on any atom is 0.264 e. The first-order chi connectivity index (χ1) is 14.9. The lowest BCUT2D eigenvalue weighted by Crippen LogP contribution is -2.41. The van der Waals surface area contributed by atoms with Crippen LogP contribution in [0.4, 0.5) is 10.1 Å². The number of nitrogens with one attached hydrogen (secondary N) is 1. The second kappa shape index (κ2) is 10.2. The molecule has 5 nitrogen and oxygen atoms in total. The normalized spacial score (nSPS) is 11.2. The summed E-state index contributed by atoms with van der Waals surface area (Å²) in [7, 11) is -3.91. The number of para-hydroxylation sites is 1. The number of carbonyl (C=O) groups is 1. The minimum atomic E-state index is -3.91. The molecule has 0 saturated carbocycles. The Hall–Kier alpha value is -3.19.